The lowest BCUT2D eigenvalue weighted by Gasteiger charge is -2.11. The van der Waals surface area contributed by atoms with Crippen molar-refractivity contribution in [1.82, 2.24) is 19.1 Å². The second kappa shape index (κ2) is 12.6. The van der Waals surface area contributed by atoms with Crippen molar-refractivity contribution in [1.29, 1.82) is 0 Å². The number of aromatic nitrogens is 4. The van der Waals surface area contributed by atoms with Crippen LogP contribution in [0.1, 0.15) is 0 Å². The highest BCUT2D eigenvalue weighted by Crippen LogP contribution is 2.44. The van der Waals surface area contributed by atoms with Crippen molar-refractivity contribution in [3.8, 4) is 45.1 Å². The number of rotatable bonds is 5. The molecule has 0 fully saturated rings. The van der Waals surface area contributed by atoms with Crippen LogP contribution in [-0.4, -0.2) is 19.1 Å². The first kappa shape index (κ1) is 32.0. The lowest BCUT2D eigenvalue weighted by molar-refractivity contribution is 1.02. The van der Waals surface area contributed by atoms with Crippen molar-refractivity contribution in [2.75, 3.05) is 0 Å². The van der Waals surface area contributed by atoms with Crippen molar-refractivity contribution in [3.63, 3.8) is 0 Å². The van der Waals surface area contributed by atoms with Crippen molar-refractivity contribution in [3.05, 3.63) is 194 Å². The summed E-state index contributed by atoms with van der Waals surface area (Å²) in [5, 5.41) is 5.96. The summed E-state index contributed by atoms with van der Waals surface area (Å²) in [6, 6.07) is 69.5. The molecule has 4 nitrogen and oxygen atoms in total. The van der Waals surface area contributed by atoms with E-state index in [1.165, 1.54) is 54.0 Å². The van der Waals surface area contributed by atoms with Crippen LogP contribution in [0.15, 0.2) is 194 Å². The molecule has 266 valence electrons. The second-order valence-corrected chi connectivity index (χ2v) is 15.6. The van der Waals surface area contributed by atoms with Crippen LogP contribution < -0.4 is 0 Å². The van der Waals surface area contributed by atoms with E-state index in [0.29, 0.717) is 5.95 Å². The largest absolute Gasteiger partial charge is 0.309 e. The molecule has 12 aromatic rings. The van der Waals surface area contributed by atoms with Crippen LogP contribution in [0.2, 0.25) is 0 Å². The van der Waals surface area contributed by atoms with E-state index in [4.69, 9.17) is 9.97 Å². The van der Waals surface area contributed by atoms with Gasteiger partial charge in [-0.3, -0.25) is 4.57 Å². The summed E-state index contributed by atoms with van der Waals surface area (Å²) in [7, 11) is 0. The molecule has 0 atom stereocenters. The van der Waals surface area contributed by atoms with Crippen LogP contribution in [0.4, 0.5) is 0 Å². The molecule has 0 amide bonds. The summed E-state index contributed by atoms with van der Waals surface area (Å²) in [5.74, 6) is 0.671. The molecule has 4 heterocycles. The van der Waals surface area contributed by atoms with Crippen molar-refractivity contribution in [2.24, 2.45) is 0 Å². The third-order valence-electron chi connectivity index (χ3n) is 11.4. The average molecular weight is 745 g/mol. The fourth-order valence-electron chi connectivity index (χ4n) is 8.79. The molecule has 0 aliphatic heterocycles. The predicted molar refractivity (Wildman–Crippen MR) is 240 cm³/mol. The molecule has 0 bridgehead atoms. The molecule has 0 saturated heterocycles. The number of hydrogen-bond acceptors (Lipinski definition) is 3. The van der Waals surface area contributed by atoms with E-state index in [1.807, 2.05) is 0 Å². The summed E-state index contributed by atoms with van der Waals surface area (Å²) in [4.78, 5) is 10.8. The Hall–Kier alpha value is -7.34. The Bertz CT molecular complexity index is 3500. The van der Waals surface area contributed by atoms with Gasteiger partial charge in [-0.25, -0.2) is 9.97 Å². The number of fused-ring (bicyclic) bond motifs is 10. The molecular formula is C52H32N4S. The smallest absolute Gasteiger partial charge is 0.235 e. The van der Waals surface area contributed by atoms with Gasteiger partial charge in [0.05, 0.1) is 38.0 Å². The number of para-hydroxylation sites is 2. The number of nitrogens with zero attached hydrogens (tertiary/aromatic N) is 4. The van der Waals surface area contributed by atoms with Gasteiger partial charge in [0.1, 0.15) is 0 Å². The first-order valence-corrected chi connectivity index (χ1v) is 20.1. The summed E-state index contributed by atoms with van der Waals surface area (Å²) in [5.41, 5.74) is 13.4. The molecule has 57 heavy (non-hydrogen) atoms. The highest BCUT2D eigenvalue weighted by atomic mass is 32.1. The van der Waals surface area contributed by atoms with Crippen molar-refractivity contribution < 1.29 is 0 Å². The van der Waals surface area contributed by atoms with Gasteiger partial charge in [-0.15, -0.1) is 11.3 Å². The van der Waals surface area contributed by atoms with Gasteiger partial charge in [0, 0.05) is 42.9 Å². The third kappa shape index (κ3) is 4.93. The molecule has 0 radical (unpaired) electrons. The van der Waals surface area contributed by atoms with Crippen LogP contribution in [0, 0.1) is 0 Å². The highest BCUT2D eigenvalue weighted by Gasteiger charge is 2.23. The maximum Gasteiger partial charge on any atom is 0.235 e. The number of benzene rings is 8. The molecule has 12 rings (SSSR count). The highest BCUT2D eigenvalue weighted by molar-refractivity contribution is 7.26. The first-order chi connectivity index (χ1) is 28.3. The first-order valence-electron chi connectivity index (χ1n) is 19.3. The Morgan fingerprint density at radius 2 is 0.895 bits per heavy atom. The molecule has 0 saturated carbocycles. The minimum Gasteiger partial charge on any atom is -0.309 e. The molecule has 0 aliphatic carbocycles. The second-order valence-electron chi connectivity index (χ2n) is 14.6. The molecule has 5 heteroatoms. The van der Waals surface area contributed by atoms with Crippen molar-refractivity contribution >= 4 is 75.3 Å². The quantitative estimate of drug-likeness (QED) is 0.176. The van der Waals surface area contributed by atoms with Gasteiger partial charge in [-0.1, -0.05) is 152 Å². The van der Waals surface area contributed by atoms with E-state index >= 15 is 0 Å². The minimum atomic E-state index is 0.671. The Morgan fingerprint density at radius 3 is 1.60 bits per heavy atom. The van der Waals surface area contributed by atoms with Gasteiger partial charge < -0.3 is 4.57 Å². The molecule has 0 N–H and O–H groups in total. The van der Waals surface area contributed by atoms with Gasteiger partial charge in [0.15, 0.2) is 0 Å². The SMILES string of the molecule is c1ccc(-c2ccc(-c3cccc(-n4c5ccccc5c5c6c7ccccc7n(-c7nc(-c8ccccc8)c8sc9ccccc9c8n7)c6ccc54)c3)cc2)cc1. The van der Waals surface area contributed by atoms with Gasteiger partial charge in [0.2, 0.25) is 5.95 Å². The van der Waals surface area contributed by atoms with Crippen LogP contribution in [-0.2, 0) is 0 Å². The molecule has 0 spiro atoms. The van der Waals surface area contributed by atoms with Crippen LogP contribution in [0.3, 0.4) is 0 Å². The Labute approximate surface area is 332 Å². The fraction of sp³-hybridized carbons (Fsp3) is 0. The zero-order chi connectivity index (χ0) is 37.5. The van der Waals surface area contributed by atoms with Gasteiger partial charge in [-0.05, 0) is 64.7 Å². The molecule has 0 unspecified atom stereocenters. The topological polar surface area (TPSA) is 35.6 Å². The van der Waals surface area contributed by atoms with E-state index in [-0.39, 0.29) is 0 Å². The van der Waals surface area contributed by atoms with E-state index in [9.17, 15) is 0 Å². The summed E-state index contributed by atoms with van der Waals surface area (Å²) >= 11 is 1.76. The zero-order valence-corrected chi connectivity index (χ0v) is 31.5. The molecule has 8 aromatic carbocycles. The lowest BCUT2D eigenvalue weighted by atomic mass is 10.00. The normalized spacial score (nSPS) is 11.9. The molecule has 4 aromatic heterocycles. The third-order valence-corrected chi connectivity index (χ3v) is 12.5. The Morgan fingerprint density at radius 1 is 0.368 bits per heavy atom. The maximum atomic E-state index is 5.42. The van der Waals surface area contributed by atoms with E-state index in [1.54, 1.807) is 11.3 Å². The standard InChI is InChI=1S/C52H32N4S/c1-3-14-33(15-4-1)34-26-28-35(29-27-34)37-18-13-19-38(32-37)55-42-23-10-7-20-39(42)47-44(55)30-31-45-48(47)40-21-8-11-24-43(40)56(45)52-53-49(36-16-5-2-6-17-36)51-50(54-52)41-22-9-12-25-46(41)57-51/h1-32H. The maximum absolute atomic E-state index is 5.42. The lowest BCUT2D eigenvalue weighted by Crippen LogP contribution is -2.02. The number of thiophene rings is 1. The van der Waals surface area contributed by atoms with Gasteiger partial charge in [0.25, 0.3) is 0 Å². The van der Waals surface area contributed by atoms with Gasteiger partial charge >= 0.3 is 0 Å². The molecule has 0 aliphatic rings. The monoisotopic (exact) mass is 744 g/mol. The summed E-state index contributed by atoms with van der Waals surface area (Å²) < 4.78 is 7.01. The number of hydrogen-bond donors (Lipinski definition) is 0. The van der Waals surface area contributed by atoms with E-state index in [2.05, 4.69) is 203 Å². The van der Waals surface area contributed by atoms with E-state index in [0.717, 1.165) is 49.1 Å². The summed E-state index contributed by atoms with van der Waals surface area (Å²) in [6.07, 6.45) is 0. The minimum absolute atomic E-state index is 0.671. The Kier molecular flexibility index (Phi) is 7.06. The van der Waals surface area contributed by atoms with Crippen LogP contribution in [0.5, 0.6) is 0 Å². The summed E-state index contributed by atoms with van der Waals surface area (Å²) in [6.45, 7) is 0. The predicted octanol–water partition coefficient (Wildman–Crippen LogP) is 14.0. The van der Waals surface area contributed by atoms with Crippen LogP contribution in [0.25, 0.3) is 109 Å². The Balaban J connectivity index is 1.10. The van der Waals surface area contributed by atoms with E-state index < -0.39 is 0 Å². The molecular weight excluding hydrogens is 713 g/mol. The van der Waals surface area contributed by atoms with Gasteiger partial charge in [-0.2, -0.15) is 0 Å². The fourth-order valence-corrected chi connectivity index (χ4v) is 9.95. The average Bonchev–Trinajstić information content (AvgIpc) is 3.94. The van der Waals surface area contributed by atoms with Crippen molar-refractivity contribution in [2.45, 2.75) is 0 Å². The zero-order valence-electron chi connectivity index (χ0n) is 30.7. The van der Waals surface area contributed by atoms with Crippen LogP contribution >= 0.6 is 11.3 Å².